The van der Waals surface area contributed by atoms with Gasteiger partial charge in [-0.3, -0.25) is 4.79 Å². The summed E-state index contributed by atoms with van der Waals surface area (Å²) in [6, 6.07) is 18.8. The van der Waals surface area contributed by atoms with Gasteiger partial charge in [-0.05, 0) is 35.2 Å². The smallest absolute Gasteiger partial charge is 0.257 e. The van der Waals surface area contributed by atoms with Crippen molar-refractivity contribution < 1.29 is 0 Å². The predicted octanol–water partition coefficient (Wildman–Crippen LogP) is 3.01. The summed E-state index contributed by atoms with van der Waals surface area (Å²) in [5.41, 5.74) is 1.58. The van der Waals surface area contributed by atoms with E-state index in [4.69, 9.17) is 5.26 Å². The number of rotatable bonds is 3. The van der Waals surface area contributed by atoms with Crippen LogP contribution in [0.25, 0.3) is 10.8 Å². The number of fused-ring (bicyclic) bond motifs is 1. The second-order valence-electron chi connectivity index (χ2n) is 4.76. The van der Waals surface area contributed by atoms with Crippen LogP contribution in [0.2, 0.25) is 0 Å². The highest BCUT2D eigenvalue weighted by Gasteiger charge is 2.01. The van der Waals surface area contributed by atoms with Gasteiger partial charge in [0.1, 0.15) is 5.82 Å². The van der Waals surface area contributed by atoms with Crippen LogP contribution in [0.5, 0.6) is 0 Å². The zero-order valence-electron chi connectivity index (χ0n) is 11.3. The molecule has 102 valence electrons. The third-order valence-corrected chi connectivity index (χ3v) is 3.32. The number of nitriles is 1. The Labute approximate surface area is 121 Å². The van der Waals surface area contributed by atoms with Crippen LogP contribution in [0.4, 0.5) is 5.82 Å². The van der Waals surface area contributed by atoms with Crippen LogP contribution in [0.3, 0.4) is 0 Å². The number of nitrogens with zero attached hydrogens (tertiary/aromatic N) is 1. The van der Waals surface area contributed by atoms with Crippen LogP contribution in [-0.4, -0.2) is 4.98 Å². The Hall–Kier alpha value is -3.06. The van der Waals surface area contributed by atoms with E-state index < -0.39 is 0 Å². The van der Waals surface area contributed by atoms with Crippen LogP contribution < -0.4 is 10.9 Å². The molecule has 3 aromatic rings. The molecule has 0 aliphatic rings. The summed E-state index contributed by atoms with van der Waals surface area (Å²) in [5, 5.41) is 13.5. The van der Waals surface area contributed by atoms with Crippen LogP contribution in [-0.2, 0) is 6.54 Å². The second-order valence-corrected chi connectivity index (χ2v) is 4.76. The number of H-pyrrole nitrogens is 1. The number of anilines is 1. The van der Waals surface area contributed by atoms with Crippen molar-refractivity contribution in [3.05, 3.63) is 76.1 Å². The molecule has 1 heterocycles. The van der Waals surface area contributed by atoms with Crippen molar-refractivity contribution in [1.29, 1.82) is 5.26 Å². The van der Waals surface area contributed by atoms with E-state index in [-0.39, 0.29) is 5.56 Å². The third kappa shape index (κ3) is 2.77. The number of aromatic amines is 1. The number of nitrogens with one attached hydrogen (secondary N) is 2. The van der Waals surface area contributed by atoms with Gasteiger partial charge < -0.3 is 10.3 Å². The number of hydrogen-bond acceptors (Lipinski definition) is 3. The fourth-order valence-electron chi connectivity index (χ4n) is 2.20. The summed E-state index contributed by atoms with van der Waals surface area (Å²) in [7, 11) is 0. The van der Waals surface area contributed by atoms with Gasteiger partial charge >= 0.3 is 0 Å². The number of aromatic nitrogens is 1. The van der Waals surface area contributed by atoms with Crippen LogP contribution in [0.1, 0.15) is 11.1 Å². The number of benzene rings is 2. The molecule has 0 aliphatic carbocycles. The van der Waals surface area contributed by atoms with Crippen LogP contribution in [0, 0.1) is 11.3 Å². The third-order valence-electron chi connectivity index (χ3n) is 3.32. The zero-order valence-corrected chi connectivity index (χ0v) is 11.3. The van der Waals surface area contributed by atoms with E-state index in [1.54, 1.807) is 18.2 Å². The largest absolute Gasteiger partial charge is 0.367 e. The lowest BCUT2D eigenvalue weighted by Gasteiger charge is -2.07. The summed E-state index contributed by atoms with van der Waals surface area (Å²) in [4.78, 5) is 14.8. The minimum atomic E-state index is -0.101. The SMILES string of the molecule is N#Cc1ccc(CNc2cc3ccccc3c(=O)[nH]2)cc1. The van der Waals surface area contributed by atoms with E-state index in [1.807, 2.05) is 36.4 Å². The summed E-state index contributed by atoms with van der Waals surface area (Å²) in [6.07, 6.45) is 0. The predicted molar refractivity (Wildman–Crippen MR) is 83.1 cm³/mol. The molecule has 0 amide bonds. The van der Waals surface area contributed by atoms with Crippen LogP contribution in [0.15, 0.2) is 59.4 Å². The van der Waals surface area contributed by atoms with Gasteiger partial charge in [0.2, 0.25) is 0 Å². The quantitative estimate of drug-likeness (QED) is 0.772. The highest BCUT2D eigenvalue weighted by atomic mass is 16.1. The van der Waals surface area contributed by atoms with Crippen molar-refractivity contribution >= 4 is 16.6 Å². The van der Waals surface area contributed by atoms with E-state index in [9.17, 15) is 4.79 Å². The summed E-state index contributed by atoms with van der Waals surface area (Å²) in [5.74, 6) is 0.683. The van der Waals surface area contributed by atoms with E-state index in [0.717, 1.165) is 10.9 Å². The maximum absolute atomic E-state index is 12.0. The molecule has 2 aromatic carbocycles. The maximum atomic E-state index is 12.0. The van der Waals surface area contributed by atoms with Crippen molar-refractivity contribution in [3.8, 4) is 6.07 Å². The lowest BCUT2D eigenvalue weighted by atomic mass is 10.1. The van der Waals surface area contributed by atoms with Gasteiger partial charge in [0.05, 0.1) is 11.6 Å². The van der Waals surface area contributed by atoms with E-state index in [2.05, 4.69) is 16.4 Å². The first-order chi connectivity index (χ1) is 10.3. The van der Waals surface area contributed by atoms with Crippen molar-refractivity contribution in [2.45, 2.75) is 6.54 Å². The van der Waals surface area contributed by atoms with Crippen molar-refractivity contribution in [3.63, 3.8) is 0 Å². The monoisotopic (exact) mass is 275 g/mol. The molecule has 0 spiro atoms. The highest BCUT2D eigenvalue weighted by Crippen LogP contribution is 2.13. The van der Waals surface area contributed by atoms with Gasteiger partial charge in [-0.2, -0.15) is 5.26 Å². The van der Waals surface area contributed by atoms with Gasteiger partial charge in [-0.1, -0.05) is 30.3 Å². The molecule has 0 aliphatic heterocycles. The molecular weight excluding hydrogens is 262 g/mol. The molecule has 0 bridgehead atoms. The van der Waals surface area contributed by atoms with E-state index in [1.165, 1.54) is 0 Å². The van der Waals surface area contributed by atoms with E-state index >= 15 is 0 Å². The molecule has 3 rings (SSSR count). The van der Waals surface area contributed by atoms with Gasteiger partial charge in [-0.25, -0.2) is 0 Å². The normalized spacial score (nSPS) is 10.2. The lowest BCUT2D eigenvalue weighted by molar-refractivity contribution is 1.10. The molecule has 21 heavy (non-hydrogen) atoms. The van der Waals surface area contributed by atoms with Gasteiger partial charge in [0.15, 0.2) is 0 Å². The standard InChI is InChI=1S/C17H13N3O/c18-10-12-5-7-13(8-6-12)11-19-16-9-14-3-1-2-4-15(14)17(21)20-16/h1-9H,11H2,(H2,19,20,21). The minimum Gasteiger partial charge on any atom is -0.367 e. The summed E-state index contributed by atoms with van der Waals surface area (Å²) >= 11 is 0. The van der Waals surface area contributed by atoms with E-state index in [0.29, 0.717) is 23.3 Å². The average Bonchev–Trinajstić information content (AvgIpc) is 2.53. The number of pyridine rings is 1. The molecule has 2 N–H and O–H groups in total. The Morgan fingerprint density at radius 2 is 1.86 bits per heavy atom. The van der Waals surface area contributed by atoms with Crippen molar-refractivity contribution in [2.24, 2.45) is 0 Å². The van der Waals surface area contributed by atoms with Crippen molar-refractivity contribution in [1.82, 2.24) is 4.98 Å². The summed E-state index contributed by atoms with van der Waals surface area (Å²) in [6.45, 7) is 0.583. The first-order valence-electron chi connectivity index (χ1n) is 6.61. The Balaban J connectivity index is 1.81. The molecule has 0 saturated heterocycles. The van der Waals surface area contributed by atoms with Gasteiger partial charge in [-0.15, -0.1) is 0 Å². The Bertz CT molecular complexity index is 873. The molecule has 0 saturated carbocycles. The zero-order chi connectivity index (χ0) is 14.7. The van der Waals surface area contributed by atoms with Crippen LogP contribution >= 0.6 is 0 Å². The molecule has 4 heteroatoms. The molecule has 0 unspecified atom stereocenters. The molecule has 0 atom stereocenters. The molecule has 0 fully saturated rings. The lowest BCUT2D eigenvalue weighted by Crippen LogP contribution is -2.10. The molecule has 1 aromatic heterocycles. The molecule has 0 radical (unpaired) electrons. The fraction of sp³-hybridized carbons (Fsp3) is 0.0588. The fourth-order valence-corrected chi connectivity index (χ4v) is 2.20. The Kier molecular flexibility index (Phi) is 3.40. The highest BCUT2D eigenvalue weighted by molar-refractivity contribution is 5.83. The van der Waals surface area contributed by atoms with Crippen molar-refractivity contribution in [2.75, 3.05) is 5.32 Å². The first-order valence-corrected chi connectivity index (χ1v) is 6.61. The Morgan fingerprint density at radius 3 is 2.62 bits per heavy atom. The Morgan fingerprint density at radius 1 is 1.10 bits per heavy atom. The van der Waals surface area contributed by atoms with Gasteiger partial charge in [0, 0.05) is 11.9 Å². The summed E-state index contributed by atoms with van der Waals surface area (Å²) < 4.78 is 0. The second kappa shape index (κ2) is 5.51. The number of hydrogen-bond donors (Lipinski definition) is 2. The minimum absolute atomic E-state index is 0.101. The average molecular weight is 275 g/mol. The first kappa shape index (κ1) is 12.9. The van der Waals surface area contributed by atoms with Gasteiger partial charge in [0.25, 0.3) is 5.56 Å². The topological polar surface area (TPSA) is 68.7 Å². The molecule has 4 nitrogen and oxygen atoms in total. The maximum Gasteiger partial charge on any atom is 0.257 e. The molecular formula is C17H13N3O.